The number of nitrogens with one attached hydrogen (secondary N) is 2. The van der Waals surface area contributed by atoms with Gasteiger partial charge in [-0.2, -0.15) is 0 Å². The first kappa shape index (κ1) is 19.7. The largest absolute Gasteiger partial charge is 0.447 e. The van der Waals surface area contributed by atoms with Crippen LogP contribution in [0.25, 0.3) is 33.5 Å². The Bertz CT molecular complexity index is 1230. The molecule has 0 bridgehead atoms. The average Bonchev–Trinajstić information content (AvgIpc) is 3.30. The minimum absolute atomic E-state index is 0.163. The van der Waals surface area contributed by atoms with Crippen LogP contribution in [-0.4, -0.2) is 55.7 Å². The molecule has 156 valence electrons. The number of hydrogen-bond acceptors (Lipinski definition) is 6. The first-order valence-electron chi connectivity index (χ1n) is 9.77. The highest BCUT2D eigenvalue weighted by Crippen LogP contribution is 2.31. The Morgan fingerprint density at radius 3 is 2.87 bits per heavy atom. The van der Waals surface area contributed by atoms with E-state index in [-0.39, 0.29) is 12.2 Å². The summed E-state index contributed by atoms with van der Waals surface area (Å²) in [4.78, 5) is 30.8. The summed E-state index contributed by atoms with van der Waals surface area (Å²) < 4.78 is 7.22. The number of ether oxygens (including phenoxy) is 1. The second-order valence-electron chi connectivity index (χ2n) is 7.51. The van der Waals surface area contributed by atoms with Crippen molar-refractivity contribution in [3.05, 3.63) is 36.3 Å². The number of nitrogens with zero attached hydrogens (tertiary/aromatic N) is 5. The number of amides is 1. The van der Waals surface area contributed by atoms with E-state index in [4.69, 9.17) is 9.72 Å². The molecule has 0 unspecified atom stereocenters. The third-order valence-electron chi connectivity index (χ3n) is 4.80. The molecule has 9 heteroatoms. The van der Waals surface area contributed by atoms with Crippen LogP contribution in [0.1, 0.15) is 19.5 Å². The summed E-state index contributed by atoms with van der Waals surface area (Å²) in [6.45, 7) is 4.01. The van der Waals surface area contributed by atoms with Gasteiger partial charge in [-0.25, -0.2) is 19.7 Å². The van der Waals surface area contributed by atoms with E-state index in [2.05, 4.69) is 20.3 Å². The van der Waals surface area contributed by atoms with Gasteiger partial charge in [0, 0.05) is 26.5 Å². The molecule has 4 rings (SSSR count). The van der Waals surface area contributed by atoms with Gasteiger partial charge in [-0.15, -0.1) is 0 Å². The van der Waals surface area contributed by atoms with Gasteiger partial charge in [0.25, 0.3) is 0 Å². The summed E-state index contributed by atoms with van der Waals surface area (Å²) in [5.41, 5.74) is 4.98. The maximum Gasteiger partial charge on any atom is 0.410 e. The van der Waals surface area contributed by atoms with Crippen LogP contribution < -0.4 is 5.32 Å². The molecule has 0 saturated heterocycles. The number of H-pyrrole nitrogens is 1. The predicted molar refractivity (Wildman–Crippen MR) is 116 cm³/mol. The van der Waals surface area contributed by atoms with Gasteiger partial charge in [-0.05, 0) is 32.0 Å². The van der Waals surface area contributed by atoms with Crippen molar-refractivity contribution >= 4 is 34.0 Å². The summed E-state index contributed by atoms with van der Waals surface area (Å²) in [7, 11) is 5.49. The van der Waals surface area contributed by atoms with Crippen LogP contribution >= 0.6 is 0 Å². The van der Waals surface area contributed by atoms with Crippen LogP contribution in [0.3, 0.4) is 0 Å². The number of pyridine rings is 2. The molecule has 1 amide bonds. The van der Waals surface area contributed by atoms with Crippen LogP contribution in [0.2, 0.25) is 0 Å². The number of carbonyl (C=O) groups excluding carboxylic acids is 1. The van der Waals surface area contributed by atoms with E-state index < -0.39 is 0 Å². The molecule has 0 aromatic carbocycles. The van der Waals surface area contributed by atoms with Gasteiger partial charge in [-0.3, -0.25) is 0 Å². The van der Waals surface area contributed by atoms with Gasteiger partial charge in [0.05, 0.1) is 41.6 Å². The Labute approximate surface area is 174 Å². The highest BCUT2D eigenvalue weighted by atomic mass is 16.6. The van der Waals surface area contributed by atoms with E-state index in [1.807, 2.05) is 56.8 Å². The number of aromatic amines is 1. The lowest BCUT2D eigenvalue weighted by molar-refractivity contribution is 0.0819. The molecule has 4 heterocycles. The van der Waals surface area contributed by atoms with Crippen LogP contribution in [0.4, 0.5) is 10.6 Å². The minimum Gasteiger partial charge on any atom is -0.447 e. The number of hydrogen-bond donors (Lipinski definition) is 2. The fraction of sp³-hybridized carbons (Fsp3) is 0.333. The van der Waals surface area contributed by atoms with E-state index in [0.717, 1.165) is 45.0 Å². The monoisotopic (exact) mass is 407 g/mol. The molecule has 0 saturated carbocycles. The lowest BCUT2D eigenvalue weighted by Gasteiger charge is -2.18. The molecule has 0 radical (unpaired) electrons. The summed E-state index contributed by atoms with van der Waals surface area (Å²) in [5.74, 6) is 0.721. The van der Waals surface area contributed by atoms with E-state index >= 15 is 0 Å². The molecular formula is C21H25N7O2. The van der Waals surface area contributed by atoms with E-state index in [9.17, 15) is 4.79 Å². The number of fused-ring (bicyclic) bond motifs is 3. The minimum atomic E-state index is -0.370. The molecule has 2 N–H and O–H groups in total. The van der Waals surface area contributed by atoms with Gasteiger partial charge in [-0.1, -0.05) is 6.07 Å². The molecule has 4 aromatic heterocycles. The van der Waals surface area contributed by atoms with Gasteiger partial charge in [0.2, 0.25) is 0 Å². The number of anilines is 1. The van der Waals surface area contributed by atoms with Crippen molar-refractivity contribution in [2.75, 3.05) is 19.4 Å². The van der Waals surface area contributed by atoms with Crippen molar-refractivity contribution in [2.45, 2.75) is 26.5 Å². The van der Waals surface area contributed by atoms with Crippen LogP contribution in [0, 0.1) is 0 Å². The van der Waals surface area contributed by atoms with Gasteiger partial charge >= 0.3 is 6.09 Å². The van der Waals surface area contributed by atoms with Crippen LogP contribution in [-0.2, 0) is 18.3 Å². The van der Waals surface area contributed by atoms with Crippen LogP contribution in [0.5, 0.6) is 0 Å². The van der Waals surface area contributed by atoms with E-state index in [1.165, 1.54) is 4.90 Å². The Morgan fingerprint density at radius 1 is 1.33 bits per heavy atom. The van der Waals surface area contributed by atoms with Crippen molar-refractivity contribution in [1.29, 1.82) is 0 Å². The van der Waals surface area contributed by atoms with Crippen molar-refractivity contribution < 1.29 is 9.53 Å². The van der Waals surface area contributed by atoms with Crippen molar-refractivity contribution in [3.8, 4) is 11.4 Å². The molecule has 0 spiro atoms. The molecule has 9 nitrogen and oxygen atoms in total. The van der Waals surface area contributed by atoms with Gasteiger partial charge in [0.1, 0.15) is 11.2 Å². The highest BCUT2D eigenvalue weighted by molar-refractivity contribution is 6.07. The maximum absolute atomic E-state index is 12.1. The van der Waals surface area contributed by atoms with Crippen molar-refractivity contribution in [1.82, 2.24) is 29.4 Å². The Hall–Kier alpha value is -3.62. The van der Waals surface area contributed by atoms with Crippen LogP contribution in [0.15, 0.2) is 30.6 Å². The average molecular weight is 407 g/mol. The number of carbonyl (C=O) groups is 1. The topological polar surface area (TPSA) is 101 Å². The second kappa shape index (κ2) is 7.66. The molecule has 30 heavy (non-hydrogen) atoms. The number of aromatic nitrogens is 5. The third-order valence-corrected chi connectivity index (χ3v) is 4.80. The van der Waals surface area contributed by atoms with Gasteiger partial charge < -0.3 is 24.5 Å². The lowest BCUT2D eigenvalue weighted by Crippen LogP contribution is -2.29. The summed E-state index contributed by atoms with van der Waals surface area (Å²) >= 11 is 0. The fourth-order valence-electron chi connectivity index (χ4n) is 3.43. The summed E-state index contributed by atoms with van der Waals surface area (Å²) in [5, 5.41) is 4.08. The first-order valence-corrected chi connectivity index (χ1v) is 9.77. The normalized spacial score (nSPS) is 11.4. The molecule has 0 fully saturated rings. The van der Waals surface area contributed by atoms with E-state index in [1.54, 1.807) is 13.4 Å². The summed E-state index contributed by atoms with van der Waals surface area (Å²) in [6.07, 6.45) is 1.25. The summed E-state index contributed by atoms with van der Waals surface area (Å²) in [6, 6.07) is 7.79. The lowest BCUT2D eigenvalue weighted by atomic mass is 10.2. The predicted octanol–water partition coefficient (Wildman–Crippen LogP) is 3.53. The molecule has 0 aliphatic rings. The van der Waals surface area contributed by atoms with Gasteiger partial charge in [0.15, 0.2) is 5.82 Å². The Balaban J connectivity index is 1.69. The maximum atomic E-state index is 12.1. The van der Waals surface area contributed by atoms with Crippen molar-refractivity contribution in [2.24, 2.45) is 7.05 Å². The number of rotatable bonds is 5. The quantitative estimate of drug-likeness (QED) is 0.525. The number of aryl methyl sites for hydroxylation is 1. The SMILES string of the molecule is CNc1nc2[nH]c(-c3cccc(CN(C)C(=O)OC(C)C)n3)cc2c2c1ncn2C. The molecule has 0 aliphatic carbocycles. The zero-order valence-corrected chi connectivity index (χ0v) is 17.7. The fourth-order valence-corrected chi connectivity index (χ4v) is 3.43. The van der Waals surface area contributed by atoms with Crippen molar-refractivity contribution in [3.63, 3.8) is 0 Å². The molecule has 0 aliphatic heterocycles. The molecule has 0 atom stereocenters. The van der Waals surface area contributed by atoms with E-state index in [0.29, 0.717) is 6.54 Å². The Morgan fingerprint density at radius 2 is 2.13 bits per heavy atom. The second-order valence-corrected chi connectivity index (χ2v) is 7.51. The first-order chi connectivity index (χ1) is 14.4. The highest BCUT2D eigenvalue weighted by Gasteiger charge is 2.17. The third kappa shape index (κ3) is 3.54. The zero-order chi connectivity index (χ0) is 21.4. The smallest absolute Gasteiger partial charge is 0.410 e. The standard InChI is InChI=1S/C21H25N7O2/c1-12(2)30-21(29)27(4)10-13-7-6-8-15(24-13)16-9-14-18-17(23-11-28(18)5)20(22-3)26-19(14)25-16/h6-9,11-12H,10H2,1-5H3,(H2,22,25,26). The zero-order valence-electron chi connectivity index (χ0n) is 17.7. The molecule has 4 aromatic rings. The number of imidazole rings is 1. The molecular weight excluding hydrogens is 382 g/mol. The Kier molecular flexibility index (Phi) is 5.03.